The van der Waals surface area contributed by atoms with E-state index >= 15 is 0 Å². The van der Waals surface area contributed by atoms with Crippen LogP contribution in [0.4, 0.5) is 0 Å². The predicted octanol–water partition coefficient (Wildman–Crippen LogP) is 1.96. The molecule has 2 heterocycles. The summed E-state index contributed by atoms with van der Waals surface area (Å²) in [6, 6.07) is 6.30. The lowest BCUT2D eigenvalue weighted by molar-refractivity contribution is -0.0237. The van der Waals surface area contributed by atoms with Crippen molar-refractivity contribution in [1.82, 2.24) is 0 Å². The summed E-state index contributed by atoms with van der Waals surface area (Å²) in [5.41, 5.74) is -0.0161. The van der Waals surface area contributed by atoms with Crippen LogP contribution in [-0.4, -0.2) is 20.4 Å². The zero-order valence-corrected chi connectivity index (χ0v) is 11.5. The summed E-state index contributed by atoms with van der Waals surface area (Å²) in [4.78, 5) is 12.5. The Morgan fingerprint density at radius 3 is 2.52 bits per heavy atom. The number of phenols is 3. The van der Waals surface area contributed by atoms with E-state index in [4.69, 9.17) is 9.15 Å². The van der Waals surface area contributed by atoms with Crippen molar-refractivity contribution in [3.63, 3.8) is 0 Å². The summed E-state index contributed by atoms with van der Waals surface area (Å²) < 4.78 is 10.8. The van der Waals surface area contributed by atoms with Crippen LogP contribution in [0.5, 0.6) is 23.0 Å². The summed E-state index contributed by atoms with van der Waals surface area (Å²) >= 11 is 0. The maximum atomic E-state index is 12.5. The van der Waals surface area contributed by atoms with E-state index in [-0.39, 0.29) is 39.4 Å². The van der Waals surface area contributed by atoms with E-state index in [0.717, 1.165) is 6.07 Å². The van der Waals surface area contributed by atoms with Crippen molar-refractivity contribution in [1.29, 1.82) is 0 Å². The van der Waals surface area contributed by atoms with Crippen molar-refractivity contribution in [2.75, 3.05) is 0 Å². The third kappa shape index (κ3) is 1.84. The smallest absolute Gasteiger partial charge is 0.235 e. The number of hydrogen-bond acceptors (Lipinski definition) is 7. The molecule has 7 heteroatoms. The van der Waals surface area contributed by atoms with Crippen molar-refractivity contribution in [2.24, 2.45) is 0 Å². The highest BCUT2D eigenvalue weighted by molar-refractivity contribution is 5.84. The zero-order chi connectivity index (χ0) is 16.3. The Hall–Kier alpha value is -3.19. The molecule has 0 radical (unpaired) electrons. The average molecular weight is 314 g/mol. The molecule has 0 bridgehead atoms. The average Bonchev–Trinajstić information content (AvgIpc) is 2.51. The molecule has 7 nitrogen and oxygen atoms in total. The molecule has 0 saturated carbocycles. The second-order valence-corrected chi connectivity index (χ2v) is 5.17. The van der Waals surface area contributed by atoms with Gasteiger partial charge in [-0.05, 0) is 24.3 Å². The third-order valence-corrected chi connectivity index (χ3v) is 3.72. The molecule has 3 aromatic rings. The maximum Gasteiger partial charge on any atom is 0.235 e. The molecule has 4 rings (SSSR count). The number of rotatable bonds is 0. The van der Waals surface area contributed by atoms with Crippen LogP contribution < -0.4 is 10.2 Å². The molecule has 0 saturated heterocycles. The largest absolute Gasteiger partial charge is 0.508 e. The molecule has 1 aliphatic rings. The van der Waals surface area contributed by atoms with Gasteiger partial charge >= 0.3 is 0 Å². The maximum absolute atomic E-state index is 12.5. The van der Waals surface area contributed by atoms with Gasteiger partial charge in [0.15, 0.2) is 17.3 Å². The Morgan fingerprint density at radius 1 is 1.00 bits per heavy atom. The normalized spacial score (nSPS) is 15.8. The molecule has 1 aromatic heterocycles. The SMILES string of the molecule is O=c1c2c(oc3cc(O)ccc13)-c1cc(O)c(O)cc1[C@H](O)O2. The van der Waals surface area contributed by atoms with Gasteiger partial charge in [0.25, 0.3) is 0 Å². The van der Waals surface area contributed by atoms with Gasteiger partial charge in [-0.3, -0.25) is 4.79 Å². The lowest BCUT2D eigenvalue weighted by Gasteiger charge is -2.24. The molecule has 0 unspecified atom stereocenters. The minimum absolute atomic E-state index is 0.00343. The first kappa shape index (κ1) is 13.5. The van der Waals surface area contributed by atoms with Gasteiger partial charge in [0.2, 0.25) is 17.5 Å². The van der Waals surface area contributed by atoms with Gasteiger partial charge in [0.05, 0.1) is 5.39 Å². The number of aliphatic hydroxyl groups is 1. The fourth-order valence-electron chi connectivity index (χ4n) is 2.62. The molecule has 4 N–H and O–H groups in total. The lowest BCUT2D eigenvalue weighted by Crippen LogP contribution is -2.19. The second kappa shape index (κ2) is 4.40. The number of fused-ring (bicyclic) bond motifs is 4. The van der Waals surface area contributed by atoms with Crippen molar-refractivity contribution < 1.29 is 29.6 Å². The summed E-state index contributed by atoms with van der Waals surface area (Å²) in [6.45, 7) is 0. The molecular weight excluding hydrogens is 304 g/mol. The fourth-order valence-corrected chi connectivity index (χ4v) is 2.62. The predicted molar refractivity (Wildman–Crippen MR) is 78.5 cm³/mol. The molecule has 1 atom stereocenters. The molecule has 0 spiro atoms. The van der Waals surface area contributed by atoms with E-state index in [1.807, 2.05) is 0 Å². The first-order valence-corrected chi connectivity index (χ1v) is 6.66. The van der Waals surface area contributed by atoms with Crippen molar-refractivity contribution >= 4 is 11.0 Å². The summed E-state index contributed by atoms with van der Waals surface area (Å²) in [5, 5.41) is 39.0. The van der Waals surface area contributed by atoms with E-state index in [1.165, 1.54) is 24.3 Å². The Labute approximate surface area is 128 Å². The number of hydrogen-bond donors (Lipinski definition) is 4. The Morgan fingerprint density at radius 2 is 1.74 bits per heavy atom. The number of aliphatic hydroxyl groups excluding tert-OH is 1. The van der Waals surface area contributed by atoms with Gasteiger partial charge in [-0.15, -0.1) is 0 Å². The van der Waals surface area contributed by atoms with Crippen LogP contribution in [0.15, 0.2) is 39.5 Å². The highest BCUT2D eigenvalue weighted by atomic mass is 16.6. The molecule has 116 valence electrons. The Balaban J connectivity index is 2.12. The monoisotopic (exact) mass is 314 g/mol. The molecule has 1 aliphatic heterocycles. The zero-order valence-electron chi connectivity index (χ0n) is 11.5. The minimum atomic E-state index is -1.48. The minimum Gasteiger partial charge on any atom is -0.508 e. The summed E-state index contributed by atoms with van der Waals surface area (Å²) in [5.74, 6) is -1.14. The van der Waals surface area contributed by atoms with Crippen LogP contribution in [0.1, 0.15) is 11.9 Å². The van der Waals surface area contributed by atoms with Gasteiger partial charge in [0.1, 0.15) is 11.3 Å². The first-order chi connectivity index (χ1) is 11.0. The van der Waals surface area contributed by atoms with E-state index < -0.39 is 23.2 Å². The van der Waals surface area contributed by atoms with Gasteiger partial charge in [-0.1, -0.05) is 0 Å². The molecule has 0 amide bonds. The number of aromatic hydroxyl groups is 3. The molecule has 0 fully saturated rings. The summed E-state index contributed by atoms with van der Waals surface area (Å²) in [7, 11) is 0. The van der Waals surface area contributed by atoms with Crippen molar-refractivity contribution in [3.05, 3.63) is 46.1 Å². The van der Waals surface area contributed by atoms with Gasteiger partial charge in [0, 0.05) is 17.2 Å². The van der Waals surface area contributed by atoms with E-state index in [9.17, 15) is 25.2 Å². The van der Waals surface area contributed by atoms with Crippen LogP contribution in [0, 0.1) is 0 Å². The highest BCUT2D eigenvalue weighted by Gasteiger charge is 2.31. The number of phenolic OH excluding ortho intramolecular Hbond substituents is 3. The number of ether oxygens (including phenoxy) is 1. The van der Waals surface area contributed by atoms with Crippen LogP contribution >= 0.6 is 0 Å². The first-order valence-electron chi connectivity index (χ1n) is 6.66. The third-order valence-electron chi connectivity index (χ3n) is 3.72. The summed E-state index contributed by atoms with van der Waals surface area (Å²) in [6.07, 6.45) is -1.48. The topological polar surface area (TPSA) is 120 Å². The highest BCUT2D eigenvalue weighted by Crippen LogP contribution is 2.45. The Kier molecular flexibility index (Phi) is 2.58. The molecule has 2 aromatic carbocycles. The van der Waals surface area contributed by atoms with E-state index in [1.54, 1.807) is 0 Å². The molecule has 0 aliphatic carbocycles. The van der Waals surface area contributed by atoms with E-state index in [0.29, 0.717) is 0 Å². The standard InChI is InChI=1S/C16H10O7/c17-6-1-2-7-12(3-6)22-14-8-4-10(18)11(19)5-9(8)16(21)23-15(14)13(7)20/h1-5,16-19,21H/t16-/m1/s1. The number of benzene rings is 2. The van der Waals surface area contributed by atoms with Crippen LogP contribution in [-0.2, 0) is 0 Å². The van der Waals surface area contributed by atoms with Gasteiger partial charge in [-0.25, -0.2) is 0 Å². The molecule has 23 heavy (non-hydrogen) atoms. The van der Waals surface area contributed by atoms with Crippen LogP contribution in [0.25, 0.3) is 22.3 Å². The van der Waals surface area contributed by atoms with Crippen molar-refractivity contribution in [3.8, 4) is 34.3 Å². The molecular formula is C16H10O7. The van der Waals surface area contributed by atoms with Gasteiger partial charge < -0.3 is 29.6 Å². The van der Waals surface area contributed by atoms with Crippen molar-refractivity contribution in [2.45, 2.75) is 6.29 Å². The fraction of sp³-hybridized carbons (Fsp3) is 0.0625. The van der Waals surface area contributed by atoms with E-state index in [2.05, 4.69) is 0 Å². The Bertz CT molecular complexity index is 1020. The lowest BCUT2D eigenvalue weighted by atomic mass is 9.99. The second-order valence-electron chi connectivity index (χ2n) is 5.17. The van der Waals surface area contributed by atoms with Gasteiger partial charge in [-0.2, -0.15) is 0 Å². The quantitative estimate of drug-likeness (QED) is 0.468. The van der Waals surface area contributed by atoms with Crippen LogP contribution in [0.3, 0.4) is 0 Å². The van der Waals surface area contributed by atoms with Crippen LogP contribution in [0.2, 0.25) is 0 Å².